The molecule has 0 saturated carbocycles. The van der Waals surface area contributed by atoms with Crippen LogP contribution in [0.4, 0.5) is 18.0 Å². The van der Waals surface area contributed by atoms with E-state index in [9.17, 15) is 26.4 Å². The first kappa shape index (κ1) is 27.7. The summed E-state index contributed by atoms with van der Waals surface area (Å²) in [5.74, 6) is -0.0297. The van der Waals surface area contributed by atoms with Crippen molar-refractivity contribution in [1.29, 1.82) is 0 Å². The molecule has 0 N–H and O–H groups in total. The van der Waals surface area contributed by atoms with Gasteiger partial charge in [-0.3, -0.25) is 4.90 Å². The number of carbonyl (C=O) groups is 1. The van der Waals surface area contributed by atoms with Gasteiger partial charge in [0.1, 0.15) is 0 Å². The number of alkyl halides is 3. The molecule has 0 bridgehead atoms. The third-order valence-electron chi connectivity index (χ3n) is 7.12. The van der Waals surface area contributed by atoms with Crippen LogP contribution in [-0.2, 0) is 22.7 Å². The SMILES string of the molecule is CN(Cc1ccc(C(F)(F)F)cc1)C1CN(C(=O)N2CCN(S(C)(=O)=O)CC2)CC1c1ccc(Cl)cc1. The van der Waals surface area contributed by atoms with Crippen LogP contribution in [0, 0.1) is 0 Å². The molecule has 0 radical (unpaired) electrons. The van der Waals surface area contributed by atoms with Gasteiger partial charge in [-0.05, 0) is 42.4 Å². The number of nitrogens with zero attached hydrogens (tertiary/aromatic N) is 4. The normalized spacial score (nSPS) is 21.6. The van der Waals surface area contributed by atoms with Crippen molar-refractivity contribution in [1.82, 2.24) is 19.0 Å². The van der Waals surface area contributed by atoms with Crippen molar-refractivity contribution in [2.45, 2.75) is 24.7 Å². The number of amides is 2. The molecule has 2 unspecified atom stereocenters. The van der Waals surface area contributed by atoms with E-state index in [1.54, 1.807) is 21.9 Å². The number of hydrogen-bond donors (Lipinski definition) is 0. The molecule has 2 aliphatic heterocycles. The van der Waals surface area contributed by atoms with Gasteiger partial charge in [-0.15, -0.1) is 0 Å². The van der Waals surface area contributed by atoms with E-state index in [-0.39, 0.29) is 31.1 Å². The van der Waals surface area contributed by atoms with Gasteiger partial charge in [-0.25, -0.2) is 13.2 Å². The Balaban J connectivity index is 1.49. The minimum absolute atomic E-state index is 0.0297. The van der Waals surface area contributed by atoms with E-state index in [2.05, 4.69) is 4.90 Å². The first-order chi connectivity index (χ1) is 17.3. The predicted molar refractivity (Wildman–Crippen MR) is 136 cm³/mol. The van der Waals surface area contributed by atoms with Gasteiger partial charge in [-0.1, -0.05) is 35.9 Å². The number of likely N-dealkylation sites (N-methyl/N-ethyl adjacent to an activating group) is 1. The monoisotopic (exact) mass is 558 g/mol. The van der Waals surface area contributed by atoms with Crippen molar-refractivity contribution < 1.29 is 26.4 Å². The van der Waals surface area contributed by atoms with E-state index >= 15 is 0 Å². The van der Waals surface area contributed by atoms with E-state index < -0.39 is 21.8 Å². The summed E-state index contributed by atoms with van der Waals surface area (Å²) < 4.78 is 63.9. The van der Waals surface area contributed by atoms with Crippen LogP contribution in [0.2, 0.25) is 5.02 Å². The largest absolute Gasteiger partial charge is 0.416 e. The summed E-state index contributed by atoms with van der Waals surface area (Å²) in [6.07, 6.45) is -3.22. The van der Waals surface area contributed by atoms with Crippen LogP contribution in [0.1, 0.15) is 22.6 Å². The molecule has 2 fully saturated rings. The lowest BCUT2D eigenvalue weighted by Gasteiger charge is -2.35. The standard InChI is InChI=1S/C25H30ClF3N4O3S/c1-30(15-18-3-7-20(8-4-18)25(27,28)29)23-17-32(16-22(23)19-5-9-21(26)10-6-19)24(34)31-11-13-33(14-12-31)37(2,35)36/h3-10,22-23H,11-17H2,1-2H3. The van der Waals surface area contributed by atoms with E-state index in [4.69, 9.17) is 11.6 Å². The van der Waals surface area contributed by atoms with E-state index in [0.29, 0.717) is 37.7 Å². The van der Waals surface area contributed by atoms with Gasteiger partial charge in [0, 0.05) is 62.8 Å². The number of rotatable bonds is 5. The maximum atomic E-state index is 13.4. The summed E-state index contributed by atoms with van der Waals surface area (Å²) in [5.41, 5.74) is 1.07. The van der Waals surface area contributed by atoms with Gasteiger partial charge in [0.2, 0.25) is 10.0 Å². The highest BCUT2D eigenvalue weighted by molar-refractivity contribution is 7.88. The maximum absolute atomic E-state index is 13.4. The van der Waals surface area contributed by atoms with Gasteiger partial charge in [0.25, 0.3) is 0 Å². The predicted octanol–water partition coefficient (Wildman–Crippen LogP) is 3.96. The summed E-state index contributed by atoms with van der Waals surface area (Å²) >= 11 is 6.09. The summed E-state index contributed by atoms with van der Waals surface area (Å²) in [7, 11) is -1.39. The Morgan fingerprint density at radius 2 is 1.57 bits per heavy atom. The number of likely N-dealkylation sites (tertiary alicyclic amines) is 1. The average Bonchev–Trinajstić information content (AvgIpc) is 3.29. The average molecular weight is 559 g/mol. The van der Waals surface area contributed by atoms with E-state index in [1.165, 1.54) is 22.7 Å². The van der Waals surface area contributed by atoms with Crippen LogP contribution >= 0.6 is 11.6 Å². The Hall–Kier alpha value is -2.34. The van der Waals surface area contributed by atoms with Crippen LogP contribution < -0.4 is 0 Å². The van der Waals surface area contributed by atoms with Crippen LogP contribution in [0.25, 0.3) is 0 Å². The maximum Gasteiger partial charge on any atom is 0.416 e. The summed E-state index contributed by atoms with van der Waals surface area (Å²) in [6, 6.07) is 12.4. The summed E-state index contributed by atoms with van der Waals surface area (Å²) in [6.45, 7) is 2.49. The molecule has 2 amide bonds. The van der Waals surface area contributed by atoms with Crippen LogP contribution in [0.5, 0.6) is 0 Å². The fourth-order valence-electron chi connectivity index (χ4n) is 5.04. The smallest absolute Gasteiger partial charge is 0.322 e. The molecule has 7 nitrogen and oxygen atoms in total. The number of piperazine rings is 1. The molecule has 0 spiro atoms. The van der Waals surface area contributed by atoms with Gasteiger partial charge in [0.05, 0.1) is 11.8 Å². The molecule has 2 atom stereocenters. The molecular weight excluding hydrogens is 529 g/mol. The zero-order valence-corrected chi connectivity index (χ0v) is 22.2. The first-order valence-corrected chi connectivity index (χ1v) is 14.2. The molecule has 4 rings (SSSR count). The summed E-state index contributed by atoms with van der Waals surface area (Å²) in [5, 5.41) is 0.605. The second-order valence-electron chi connectivity index (χ2n) is 9.67. The molecule has 2 aromatic rings. The quantitative estimate of drug-likeness (QED) is 0.557. The molecule has 202 valence electrons. The molecule has 37 heavy (non-hydrogen) atoms. The van der Waals surface area contributed by atoms with Gasteiger partial charge in [-0.2, -0.15) is 17.5 Å². The van der Waals surface area contributed by atoms with Crippen molar-refractivity contribution >= 4 is 27.7 Å². The van der Waals surface area contributed by atoms with Crippen molar-refractivity contribution in [3.05, 3.63) is 70.2 Å². The zero-order chi connectivity index (χ0) is 27.0. The first-order valence-electron chi connectivity index (χ1n) is 11.9. The minimum atomic E-state index is -4.39. The number of urea groups is 1. The third-order valence-corrected chi connectivity index (χ3v) is 8.67. The van der Waals surface area contributed by atoms with Crippen LogP contribution in [0.3, 0.4) is 0 Å². The number of benzene rings is 2. The molecule has 2 aromatic carbocycles. The van der Waals surface area contributed by atoms with Crippen molar-refractivity contribution in [2.75, 3.05) is 52.6 Å². The molecule has 0 aliphatic carbocycles. The fourth-order valence-corrected chi connectivity index (χ4v) is 5.99. The van der Waals surface area contributed by atoms with E-state index in [1.807, 2.05) is 19.2 Å². The Morgan fingerprint density at radius 1 is 0.973 bits per heavy atom. The zero-order valence-electron chi connectivity index (χ0n) is 20.7. The van der Waals surface area contributed by atoms with Crippen LogP contribution in [0.15, 0.2) is 48.5 Å². The number of carbonyl (C=O) groups excluding carboxylic acids is 1. The van der Waals surface area contributed by atoms with Crippen molar-refractivity contribution in [3.8, 4) is 0 Å². The summed E-state index contributed by atoms with van der Waals surface area (Å²) in [4.78, 5) is 18.9. The Bertz CT molecular complexity index is 1200. The molecule has 2 aliphatic rings. The molecule has 2 heterocycles. The Morgan fingerprint density at radius 3 is 2.11 bits per heavy atom. The van der Waals surface area contributed by atoms with E-state index in [0.717, 1.165) is 23.3 Å². The lowest BCUT2D eigenvalue weighted by molar-refractivity contribution is -0.137. The van der Waals surface area contributed by atoms with Gasteiger partial charge in [0.15, 0.2) is 0 Å². The Labute approximate surface area is 220 Å². The van der Waals surface area contributed by atoms with Crippen molar-refractivity contribution in [3.63, 3.8) is 0 Å². The lowest BCUT2D eigenvalue weighted by Crippen LogP contribution is -2.53. The Kier molecular flexibility index (Phi) is 8.08. The topological polar surface area (TPSA) is 64.2 Å². The second kappa shape index (κ2) is 10.8. The second-order valence-corrected chi connectivity index (χ2v) is 12.1. The highest BCUT2D eigenvalue weighted by Crippen LogP contribution is 2.34. The highest BCUT2D eigenvalue weighted by atomic mass is 35.5. The molecule has 0 aromatic heterocycles. The molecule has 2 saturated heterocycles. The van der Waals surface area contributed by atoms with Gasteiger partial charge < -0.3 is 9.80 Å². The van der Waals surface area contributed by atoms with Crippen molar-refractivity contribution in [2.24, 2.45) is 0 Å². The number of halogens is 4. The minimum Gasteiger partial charge on any atom is -0.322 e. The third kappa shape index (κ3) is 6.57. The fraction of sp³-hybridized carbons (Fsp3) is 0.480. The van der Waals surface area contributed by atoms with Crippen LogP contribution in [-0.4, -0.2) is 92.1 Å². The molecular formula is C25H30ClF3N4O3S. The molecule has 12 heteroatoms. The lowest BCUT2D eigenvalue weighted by atomic mass is 9.93. The van der Waals surface area contributed by atoms with Gasteiger partial charge >= 0.3 is 12.2 Å². The number of sulfonamides is 1. The highest BCUT2D eigenvalue weighted by Gasteiger charge is 2.40. The number of hydrogen-bond acceptors (Lipinski definition) is 4.